The summed E-state index contributed by atoms with van der Waals surface area (Å²) < 4.78 is 5.79. The molecule has 1 heterocycles. The summed E-state index contributed by atoms with van der Waals surface area (Å²) in [5, 5.41) is 0. The van der Waals surface area contributed by atoms with Gasteiger partial charge in [0, 0.05) is 25.9 Å². The lowest BCUT2D eigenvalue weighted by molar-refractivity contribution is -0.0188. The van der Waals surface area contributed by atoms with E-state index in [2.05, 4.69) is 43.1 Å². The number of ether oxygens (including phenoxy) is 1. The first-order chi connectivity index (χ1) is 8.72. The topological polar surface area (TPSA) is 38.5 Å². The Morgan fingerprint density at radius 3 is 2.72 bits per heavy atom. The Morgan fingerprint density at radius 2 is 2.11 bits per heavy atom. The van der Waals surface area contributed by atoms with Crippen LogP contribution in [0.25, 0.3) is 0 Å². The van der Waals surface area contributed by atoms with Crippen LogP contribution in [-0.4, -0.2) is 31.8 Å². The lowest BCUT2D eigenvalue weighted by Crippen LogP contribution is -2.57. The van der Waals surface area contributed by atoms with Crippen LogP contribution >= 0.6 is 0 Å². The molecule has 3 nitrogen and oxygen atoms in total. The second-order valence-electron chi connectivity index (χ2n) is 5.18. The molecule has 0 amide bonds. The van der Waals surface area contributed by atoms with Crippen LogP contribution in [0.15, 0.2) is 30.3 Å². The number of hydrogen-bond donors (Lipinski definition) is 1. The second kappa shape index (κ2) is 5.72. The molecular weight excluding hydrogens is 224 g/mol. The Bertz CT molecular complexity index is 368. The van der Waals surface area contributed by atoms with E-state index in [1.54, 1.807) is 0 Å². The van der Waals surface area contributed by atoms with Gasteiger partial charge >= 0.3 is 0 Å². The number of para-hydroxylation sites is 1. The van der Waals surface area contributed by atoms with Crippen molar-refractivity contribution in [2.45, 2.75) is 37.8 Å². The summed E-state index contributed by atoms with van der Waals surface area (Å²) in [7, 11) is 2.15. The molecule has 2 unspecified atom stereocenters. The maximum atomic E-state index is 6.10. The van der Waals surface area contributed by atoms with Gasteiger partial charge < -0.3 is 15.4 Å². The zero-order valence-corrected chi connectivity index (χ0v) is 11.4. The maximum Gasteiger partial charge on any atom is 0.0595 e. The zero-order chi connectivity index (χ0) is 13.0. The third kappa shape index (κ3) is 2.52. The highest BCUT2D eigenvalue weighted by atomic mass is 16.5. The minimum absolute atomic E-state index is 0.0419. The molecule has 1 fully saturated rings. The summed E-state index contributed by atoms with van der Waals surface area (Å²) in [4.78, 5) is 2.35. The van der Waals surface area contributed by atoms with E-state index in [1.807, 2.05) is 6.07 Å². The SMILES string of the molecule is CCC1CC(CN)(N(C)c2ccccc2)CCO1. The van der Waals surface area contributed by atoms with Gasteiger partial charge in [0.2, 0.25) is 0 Å². The molecule has 0 saturated carbocycles. The van der Waals surface area contributed by atoms with Gasteiger partial charge in [0.25, 0.3) is 0 Å². The molecule has 1 aliphatic heterocycles. The molecule has 0 bridgehead atoms. The summed E-state index contributed by atoms with van der Waals surface area (Å²) in [6.45, 7) is 3.67. The number of likely N-dealkylation sites (N-methyl/N-ethyl adjacent to an activating group) is 1. The number of anilines is 1. The number of nitrogens with zero attached hydrogens (tertiary/aromatic N) is 1. The minimum atomic E-state index is 0.0419. The van der Waals surface area contributed by atoms with E-state index < -0.39 is 0 Å². The fourth-order valence-corrected chi connectivity index (χ4v) is 2.81. The Balaban J connectivity index is 2.21. The Morgan fingerprint density at radius 1 is 1.39 bits per heavy atom. The van der Waals surface area contributed by atoms with Crippen molar-refractivity contribution in [2.24, 2.45) is 5.73 Å². The first-order valence-corrected chi connectivity index (χ1v) is 6.82. The normalized spacial score (nSPS) is 28.1. The molecule has 0 aromatic heterocycles. The van der Waals surface area contributed by atoms with Crippen LogP contribution in [0.1, 0.15) is 26.2 Å². The summed E-state index contributed by atoms with van der Waals surface area (Å²) in [6.07, 6.45) is 3.43. The number of rotatable bonds is 4. The average Bonchev–Trinajstić information content (AvgIpc) is 2.47. The molecule has 18 heavy (non-hydrogen) atoms. The summed E-state index contributed by atoms with van der Waals surface area (Å²) in [5.41, 5.74) is 7.37. The predicted molar refractivity (Wildman–Crippen MR) is 75.9 cm³/mol. The molecule has 3 heteroatoms. The molecular formula is C15H24N2O. The van der Waals surface area contributed by atoms with Crippen molar-refractivity contribution in [3.63, 3.8) is 0 Å². The molecule has 1 aliphatic rings. The van der Waals surface area contributed by atoms with Gasteiger partial charge in [-0.15, -0.1) is 0 Å². The smallest absolute Gasteiger partial charge is 0.0595 e. The summed E-state index contributed by atoms with van der Waals surface area (Å²) >= 11 is 0. The van der Waals surface area contributed by atoms with Crippen molar-refractivity contribution in [1.82, 2.24) is 0 Å². The standard InChI is InChI=1S/C15H24N2O/c1-3-14-11-15(12-16,9-10-18-14)17(2)13-7-5-4-6-8-13/h4-8,14H,3,9-12,16H2,1-2H3. The molecule has 0 aliphatic carbocycles. The van der Waals surface area contributed by atoms with E-state index in [4.69, 9.17) is 10.5 Å². The molecule has 100 valence electrons. The molecule has 2 rings (SSSR count). The molecule has 1 aromatic rings. The van der Waals surface area contributed by atoms with Crippen LogP contribution in [0, 0.1) is 0 Å². The lowest BCUT2D eigenvalue weighted by Gasteiger charge is -2.47. The van der Waals surface area contributed by atoms with Gasteiger partial charge in [0.15, 0.2) is 0 Å². The third-order valence-electron chi connectivity index (χ3n) is 4.22. The Labute approximate surface area is 110 Å². The van der Waals surface area contributed by atoms with Crippen molar-refractivity contribution in [3.8, 4) is 0 Å². The number of hydrogen-bond acceptors (Lipinski definition) is 3. The van der Waals surface area contributed by atoms with Gasteiger partial charge in [0.05, 0.1) is 11.6 Å². The Kier molecular flexibility index (Phi) is 4.25. The third-order valence-corrected chi connectivity index (χ3v) is 4.22. The quantitative estimate of drug-likeness (QED) is 0.889. The molecule has 2 N–H and O–H groups in total. The van der Waals surface area contributed by atoms with Crippen LogP contribution in [0.4, 0.5) is 5.69 Å². The van der Waals surface area contributed by atoms with Crippen LogP contribution in [0.3, 0.4) is 0 Å². The van der Waals surface area contributed by atoms with Crippen LogP contribution in [0.2, 0.25) is 0 Å². The number of nitrogens with two attached hydrogens (primary N) is 1. The molecule has 0 radical (unpaired) electrons. The lowest BCUT2D eigenvalue weighted by atomic mass is 9.84. The van der Waals surface area contributed by atoms with E-state index in [0.717, 1.165) is 25.9 Å². The number of benzene rings is 1. The molecule has 2 atom stereocenters. The maximum absolute atomic E-state index is 6.10. The van der Waals surface area contributed by atoms with Crippen molar-refractivity contribution >= 4 is 5.69 Å². The van der Waals surface area contributed by atoms with Crippen LogP contribution < -0.4 is 10.6 Å². The molecule has 1 aromatic carbocycles. The highest BCUT2D eigenvalue weighted by molar-refractivity contribution is 5.48. The minimum Gasteiger partial charge on any atom is -0.378 e. The van der Waals surface area contributed by atoms with E-state index in [0.29, 0.717) is 12.6 Å². The van der Waals surface area contributed by atoms with Crippen molar-refractivity contribution in [2.75, 3.05) is 25.1 Å². The molecule has 0 spiro atoms. The van der Waals surface area contributed by atoms with Crippen LogP contribution in [-0.2, 0) is 4.74 Å². The van der Waals surface area contributed by atoms with Gasteiger partial charge in [-0.05, 0) is 31.4 Å². The van der Waals surface area contributed by atoms with Gasteiger partial charge in [-0.1, -0.05) is 25.1 Å². The highest BCUT2D eigenvalue weighted by Crippen LogP contribution is 2.33. The summed E-state index contributed by atoms with van der Waals surface area (Å²) in [6, 6.07) is 10.5. The second-order valence-corrected chi connectivity index (χ2v) is 5.18. The van der Waals surface area contributed by atoms with E-state index >= 15 is 0 Å². The highest BCUT2D eigenvalue weighted by Gasteiger charge is 2.38. The van der Waals surface area contributed by atoms with Crippen LogP contribution in [0.5, 0.6) is 0 Å². The Hall–Kier alpha value is -1.06. The monoisotopic (exact) mass is 248 g/mol. The van der Waals surface area contributed by atoms with E-state index in [1.165, 1.54) is 5.69 Å². The average molecular weight is 248 g/mol. The fraction of sp³-hybridized carbons (Fsp3) is 0.600. The first kappa shape index (κ1) is 13.4. The van der Waals surface area contributed by atoms with Gasteiger partial charge in [0.1, 0.15) is 0 Å². The van der Waals surface area contributed by atoms with E-state index in [9.17, 15) is 0 Å². The zero-order valence-electron chi connectivity index (χ0n) is 11.4. The van der Waals surface area contributed by atoms with Crippen molar-refractivity contribution in [3.05, 3.63) is 30.3 Å². The van der Waals surface area contributed by atoms with Gasteiger partial charge in [-0.25, -0.2) is 0 Å². The van der Waals surface area contributed by atoms with Crippen molar-refractivity contribution < 1.29 is 4.74 Å². The van der Waals surface area contributed by atoms with Gasteiger partial charge in [-0.3, -0.25) is 0 Å². The first-order valence-electron chi connectivity index (χ1n) is 6.82. The van der Waals surface area contributed by atoms with E-state index in [-0.39, 0.29) is 5.54 Å². The largest absolute Gasteiger partial charge is 0.378 e. The molecule has 1 saturated heterocycles. The summed E-state index contributed by atoms with van der Waals surface area (Å²) in [5.74, 6) is 0. The fourth-order valence-electron chi connectivity index (χ4n) is 2.81. The van der Waals surface area contributed by atoms with Crippen molar-refractivity contribution in [1.29, 1.82) is 0 Å². The van der Waals surface area contributed by atoms with Gasteiger partial charge in [-0.2, -0.15) is 0 Å². The predicted octanol–water partition coefficient (Wildman–Crippen LogP) is 2.41.